The van der Waals surface area contributed by atoms with Gasteiger partial charge in [-0.3, -0.25) is 0 Å². The zero-order chi connectivity index (χ0) is 17.2. The van der Waals surface area contributed by atoms with Crippen LogP contribution in [-0.2, 0) is 12.0 Å². The molecular weight excluding hydrogens is 304 g/mol. The van der Waals surface area contributed by atoms with Crippen molar-refractivity contribution in [1.82, 2.24) is 20.2 Å². The van der Waals surface area contributed by atoms with E-state index < -0.39 is 6.10 Å². The summed E-state index contributed by atoms with van der Waals surface area (Å²) in [5.74, 6) is 1.48. The molecule has 6 nitrogen and oxygen atoms in total. The lowest BCUT2D eigenvalue weighted by Gasteiger charge is -2.19. The van der Waals surface area contributed by atoms with Crippen LogP contribution in [0, 0.1) is 0 Å². The van der Waals surface area contributed by atoms with E-state index in [-0.39, 0.29) is 12.0 Å². The molecule has 0 radical (unpaired) electrons. The van der Waals surface area contributed by atoms with Crippen LogP contribution in [0.5, 0.6) is 5.75 Å². The Morgan fingerprint density at radius 3 is 2.62 bits per heavy atom. The summed E-state index contributed by atoms with van der Waals surface area (Å²) < 4.78 is 7.35. The summed E-state index contributed by atoms with van der Waals surface area (Å²) in [5, 5.41) is 24.2. The normalized spacial score (nSPS) is 13.2. The van der Waals surface area contributed by atoms with E-state index in [1.54, 1.807) is 4.68 Å². The molecule has 0 saturated carbocycles. The van der Waals surface area contributed by atoms with Crippen LogP contribution < -0.4 is 4.74 Å². The highest BCUT2D eigenvalue weighted by atomic mass is 16.5. The Morgan fingerprint density at radius 1 is 1.12 bits per heavy atom. The summed E-state index contributed by atoms with van der Waals surface area (Å²) in [6.45, 7) is 6.59. The van der Waals surface area contributed by atoms with E-state index in [0.717, 1.165) is 22.3 Å². The molecule has 0 spiro atoms. The molecule has 0 aliphatic carbocycles. The summed E-state index contributed by atoms with van der Waals surface area (Å²) in [5.41, 5.74) is -0.178. The van der Waals surface area contributed by atoms with Gasteiger partial charge in [-0.2, -0.15) is 0 Å². The van der Waals surface area contributed by atoms with Crippen molar-refractivity contribution in [2.45, 2.75) is 38.8 Å². The third kappa shape index (κ3) is 3.71. The zero-order valence-electron chi connectivity index (χ0n) is 14.2. The van der Waals surface area contributed by atoms with Crippen molar-refractivity contribution in [3.8, 4) is 5.75 Å². The van der Waals surface area contributed by atoms with E-state index in [4.69, 9.17) is 4.74 Å². The molecule has 24 heavy (non-hydrogen) atoms. The van der Waals surface area contributed by atoms with Gasteiger partial charge in [0.2, 0.25) is 0 Å². The molecule has 0 saturated heterocycles. The molecule has 1 unspecified atom stereocenters. The molecule has 1 atom stereocenters. The fourth-order valence-corrected chi connectivity index (χ4v) is 2.57. The third-order valence-corrected chi connectivity index (χ3v) is 3.75. The molecular formula is C18H22N4O2. The molecule has 0 aliphatic rings. The van der Waals surface area contributed by atoms with E-state index in [1.807, 2.05) is 57.2 Å². The minimum absolute atomic E-state index is 0.178. The summed E-state index contributed by atoms with van der Waals surface area (Å²) in [6, 6.07) is 14.0. The van der Waals surface area contributed by atoms with Gasteiger partial charge in [0.25, 0.3) is 0 Å². The Kier molecular flexibility index (Phi) is 4.49. The van der Waals surface area contributed by atoms with Crippen molar-refractivity contribution in [3.63, 3.8) is 0 Å². The van der Waals surface area contributed by atoms with Gasteiger partial charge in [0.15, 0.2) is 5.82 Å². The number of aromatic nitrogens is 4. The fourth-order valence-electron chi connectivity index (χ4n) is 2.57. The van der Waals surface area contributed by atoms with Crippen molar-refractivity contribution in [2.75, 3.05) is 6.61 Å². The van der Waals surface area contributed by atoms with Crippen molar-refractivity contribution in [3.05, 3.63) is 48.3 Å². The van der Waals surface area contributed by atoms with Crippen LogP contribution >= 0.6 is 0 Å². The average Bonchev–Trinajstić information content (AvgIpc) is 3.01. The highest BCUT2D eigenvalue weighted by Crippen LogP contribution is 2.21. The van der Waals surface area contributed by atoms with E-state index in [1.165, 1.54) is 0 Å². The molecule has 1 N–H and O–H groups in total. The van der Waals surface area contributed by atoms with Crippen molar-refractivity contribution < 1.29 is 9.84 Å². The molecule has 0 fully saturated rings. The monoisotopic (exact) mass is 326 g/mol. The first-order chi connectivity index (χ1) is 11.4. The second-order valence-corrected chi connectivity index (χ2v) is 6.91. The number of hydrogen-bond acceptors (Lipinski definition) is 5. The highest BCUT2D eigenvalue weighted by molar-refractivity contribution is 5.83. The number of hydrogen-bond donors (Lipinski definition) is 1. The number of rotatable bonds is 5. The van der Waals surface area contributed by atoms with Crippen LogP contribution in [-0.4, -0.2) is 38.0 Å². The van der Waals surface area contributed by atoms with Gasteiger partial charge < -0.3 is 9.84 Å². The molecule has 3 rings (SSSR count). The van der Waals surface area contributed by atoms with Crippen molar-refractivity contribution >= 4 is 10.8 Å². The predicted molar refractivity (Wildman–Crippen MR) is 92.0 cm³/mol. The number of nitrogens with zero attached hydrogens (tertiary/aromatic N) is 4. The van der Waals surface area contributed by atoms with Crippen LogP contribution in [0.4, 0.5) is 0 Å². The van der Waals surface area contributed by atoms with E-state index in [0.29, 0.717) is 6.54 Å². The Balaban J connectivity index is 1.63. The van der Waals surface area contributed by atoms with Gasteiger partial charge in [-0.25, -0.2) is 4.68 Å². The predicted octanol–water partition coefficient (Wildman–Crippen LogP) is 2.56. The Hall–Kier alpha value is -2.47. The lowest BCUT2D eigenvalue weighted by Crippen LogP contribution is -2.28. The molecule has 0 amide bonds. The molecule has 1 aromatic heterocycles. The number of tetrazole rings is 1. The zero-order valence-corrected chi connectivity index (χ0v) is 14.2. The van der Waals surface area contributed by atoms with Crippen molar-refractivity contribution in [1.29, 1.82) is 0 Å². The molecule has 1 heterocycles. The molecule has 2 aromatic carbocycles. The van der Waals surface area contributed by atoms with E-state index in [9.17, 15) is 5.11 Å². The molecule has 0 bridgehead atoms. The smallest absolute Gasteiger partial charge is 0.156 e. The second kappa shape index (κ2) is 6.57. The minimum Gasteiger partial charge on any atom is -0.491 e. The lowest BCUT2D eigenvalue weighted by atomic mass is 9.96. The number of benzene rings is 2. The standard InChI is InChI=1S/C18H22N4O2/c1-18(2,3)17-19-20-21-22(17)11-15(23)12-24-16-9-8-13-6-4-5-7-14(13)10-16/h4-10,15,23H,11-12H2,1-3H3. The second-order valence-electron chi connectivity index (χ2n) is 6.91. The number of aliphatic hydroxyl groups is 1. The van der Waals surface area contributed by atoms with Crippen LogP contribution in [0.2, 0.25) is 0 Å². The number of ether oxygens (including phenoxy) is 1. The first-order valence-electron chi connectivity index (χ1n) is 8.00. The summed E-state index contributed by atoms with van der Waals surface area (Å²) in [7, 11) is 0. The highest BCUT2D eigenvalue weighted by Gasteiger charge is 2.23. The van der Waals surface area contributed by atoms with Gasteiger partial charge in [-0.1, -0.05) is 51.1 Å². The van der Waals surface area contributed by atoms with E-state index in [2.05, 4.69) is 21.6 Å². The van der Waals surface area contributed by atoms with Crippen LogP contribution in [0.15, 0.2) is 42.5 Å². The Morgan fingerprint density at radius 2 is 1.88 bits per heavy atom. The number of aliphatic hydroxyl groups excluding tert-OH is 1. The van der Waals surface area contributed by atoms with Gasteiger partial charge in [0.1, 0.15) is 18.5 Å². The lowest BCUT2D eigenvalue weighted by molar-refractivity contribution is 0.0872. The van der Waals surface area contributed by atoms with Gasteiger partial charge in [0.05, 0.1) is 6.54 Å². The topological polar surface area (TPSA) is 73.1 Å². The van der Waals surface area contributed by atoms with Crippen molar-refractivity contribution in [2.24, 2.45) is 0 Å². The van der Waals surface area contributed by atoms with Crippen LogP contribution in [0.25, 0.3) is 10.8 Å². The fraction of sp³-hybridized carbons (Fsp3) is 0.389. The quantitative estimate of drug-likeness (QED) is 0.780. The summed E-state index contributed by atoms with van der Waals surface area (Å²) in [6.07, 6.45) is -0.693. The van der Waals surface area contributed by atoms with Gasteiger partial charge in [-0.15, -0.1) is 5.10 Å². The molecule has 126 valence electrons. The van der Waals surface area contributed by atoms with Gasteiger partial charge in [-0.05, 0) is 33.3 Å². The van der Waals surface area contributed by atoms with Crippen LogP contribution in [0.1, 0.15) is 26.6 Å². The third-order valence-electron chi connectivity index (χ3n) is 3.75. The van der Waals surface area contributed by atoms with Crippen LogP contribution in [0.3, 0.4) is 0 Å². The summed E-state index contributed by atoms with van der Waals surface area (Å²) >= 11 is 0. The number of fused-ring (bicyclic) bond motifs is 1. The maximum Gasteiger partial charge on any atom is 0.156 e. The van der Waals surface area contributed by atoms with E-state index >= 15 is 0 Å². The largest absolute Gasteiger partial charge is 0.491 e. The SMILES string of the molecule is CC(C)(C)c1nnnn1CC(O)COc1ccc2ccccc2c1. The Bertz CT molecular complexity index is 823. The maximum absolute atomic E-state index is 10.2. The average molecular weight is 326 g/mol. The molecule has 3 aromatic rings. The Labute approximate surface area is 141 Å². The first-order valence-corrected chi connectivity index (χ1v) is 8.00. The minimum atomic E-state index is -0.693. The van der Waals surface area contributed by atoms with Gasteiger partial charge in [0, 0.05) is 5.41 Å². The van der Waals surface area contributed by atoms with Gasteiger partial charge >= 0.3 is 0 Å². The summed E-state index contributed by atoms with van der Waals surface area (Å²) in [4.78, 5) is 0. The molecule has 0 aliphatic heterocycles. The maximum atomic E-state index is 10.2. The molecule has 6 heteroatoms. The first kappa shape index (κ1) is 16.4.